The van der Waals surface area contributed by atoms with Gasteiger partial charge in [0.1, 0.15) is 0 Å². The van der Waals surface area contributed by atoms with Gasteiger partial charge in [0.2, 0.25) is 0 Å². The molecule has 0 radical (unpaired) electrons. The third-order valence-corrected chi connectivity index (χ3v) is 4.74. The van der Waals surface area contributed by atoms with Crippen molar-refractivity contribution in [1.82, 2.24) is 5.32 Å². The Kier molecular flexibility index (Phi) is 8.67. The molecule has 1 saturated heterocycles. The second-order valence-corrected chi connectivity index (χ2v) is 5.90. The first kappa shape index (κ1) is 16.9. The van der Waals surface area contributed by atoms with Crippen LogP contribution in [0.5, 0.6) is 0 Å². The van der Waals surface area contributed by atoms with Gasteiger partial charge < -0.3 is 14.8 Å². The van der Waals surface area contributed by atoms with E-state index < -0.39 is 0 Å². The molecule has 1 heterocycles. The summed E-state index contributed by atoms with van der Waals surface area (Å²) in [6.45, 7) is 8.52. The zero-order valence-corrected chi connectivity index (χ0v) is 13.2. The molecule has 0 spiro atoms. The Morgan fingerprint density at radius 3 is 2.68 bits per heavy atom. The third kappa shape index (κ3) is 6.24. The van der Waals surface area contributed by atoms with Crippen LogP contribution in [0.2, 0.25) is 0 Å². The van der Waals surface area contributed by atoms with Crippen LogP contribution < -0.4 is 5.32 Å². The van der Waals surface area contributed by atoms with Crippen LogP contribution in [0.1, 0.15) is 58.8 Å². The highest BCUT2D eigenvalue weighted by molar-refractivity contribution is 4.80. The van der Waals surface area contributed by atoms with E-state index in [-0.39, 0.29) is 0 Å². The molecule has 0 bridgehead atoms. The molecule has 0 saturated carbocycles. The summed E-state index contributed by atoms with van der Waals surface area (Å²) in [5, 5.41) is 3.55. The molecule has 1 N–H and O–H groups in total. The average molecular weight is 271 g/mol. The molecule has 0 aliphatic carbocycles. The van der Waals surface area contributed by atoms with Gasteiger partial charge in [0.15, 0.2) is 0 Å². The van der Waals surface area contributed by atoms with Crippen molar-refractivity contribution in [2.24, 2.45) is 5.41 Å². The lowest BCUT2D eigenvalue weighted by Gasteiger charge is -2.32. The van der Waals surface area contributed by atoms with Crippen LogP contribution in [-0.4, -0.2) is 39.5 Å². The van der Waals surface area contributed by atoms with Gasteiger partial charge in [0, 0.05) is 26.8 Å². The van der Waals surface area contributed by atoms with Crippen molar-refractivity contribution in [3.63, 3.8) is 0 Å². The van der Waals surface area contributed by atoms with Gasteiger partial charge in [0.25, 0.3) is 0 Å². The summed E-state index contributed by atoms with van der Waals surface area (Å²) in [5.41, 5.74) is 0.465. The van der Waals surface area contributed by atoms with Gasteiger partial charge in [-0.2, -0.15) is 0 Å². The zero-order valence-electron chi connectivity index (χ0n) is 13.2. The first-order valence-corrected chi connectivity index (χ1v) is 8.07. The number of rotatable bonds is 11. The topological polar surface area (TPSA) is 30.5 Å². The van der Waals surface area contributed by atoms with Gasteiger partial charge in [-0.05, 0) is 43.9 Å². The lowest BCUT2D eigenvalue weighted by atomic mass is 9.77. The van der Waals surface area contributed by atoms with Crippen LogP contribution in [0.4, 0.5) is 0 Å². The van der Waals surface area contributed by atoms with E-state index in [1.165, 1.54) is 44.9 Å². The summed E-state index contributed by atoms with van der Waals surface area (Å²) in [7, 11) is 1.76. The van der Waals surface area contributed by atoms with Gasteiger partial charge in [-0.15, -0.1) is 0 Å². The van der Waals surface area contributed by atoms with Crippen LogP contribution in [0.15, 0.2) is 0 Å². The van der Waals surface area contributed by atoms with E-state index in [4.69, 9.17) is 9.47 Å². The van der Waals surface area contributed by atoms with Crippen molar-refractivity contribution in [1.29, 1.82) is 0 Å². The minimum absolute atomic E-state index is 0.465. The molecule has 1 aliphatic heterocycles. The predicted molar refractivity (Wildman–Crippen MR) is 80.6 cm³/mol. The van der Waals surface area contributed by atoms with E-state index >= 15 is 0 Å². The highest BCUT2D eigenvalue weighted by atomic mass is 16.5. The molecule has 1 aliphatic rings. The number of hydrogen-bond acceptors (Lipinski definition) is 3. The maximum absolute atomic E-state index is 5.72. The quantitative estimate of drug-likeness (QED) is 0.584. The first-order valence-electron chi connectivity index (χ1n) is 8.07. The molecule has 3 nitrogen and oxygen atoms in total. The fourth-order valence-corrected chi connectivity index (χ4v) is 3.05. The van der Waals surface area contributed by atoms with Crippen molar-refractivity contribution >= 4 is 0 Å². The molecule has 3 heteroatoms. The highest BCUT2D eigenvalue weighted by Crippen LogP contribution is 2.33. The molecule has 114 valence electrons. The predicted octanol–water partition coefficient (Wildman–Crippen LogP) is 3.38. The molecule has 1 rings (SSSR count). The SMILES string of the molecule is CCC(CC)(CCCC1CCCO1)CNCCOC. The van der Waals surface area contributed by atoms with E-state index in [2.05, 4.69) is 19.2 Å². The third-order valence-electron chi connectivity index (χ3n) is 4.74. The van der Waals surface area contributed by atoms with Crippen molar-refractivity contribution < 1.29 is 9.47 Å². The molecule has 0 aromatic heterocycles. The molecular weight excluding hydrogens is 238 g/mol. The Labute approximate surface area is 119 Å². The van der Waals surface area contributed by atoms with Crippen LogP contribution in [-0.2, 0) is 9.47 Å². The Balaban J connectivity index is 2.24. The molecule has 1 unspecified atom stereocenters. The van der Waals surface area contributed by atoms with Crippen molar-refractivity contribution in [3.8, 4) is 0 Å². The van der Waals surface area contributed by atoms with Crippen LogP contribution in [0, 0.1) is 5.41 Å². The summed E-state index contributed by atoms with van der Waals surface area (Å²) in [5.74, 6) is 0. The summed E-state index contributed by atoms with van der Waals surface area (Å²) < 4.78 is 10.8. The Hall–Kier alpha value is -0.120. The molecule has 1 fully saturated rings. The minimum atomic E-state index is 0.465. The fraction of sp³-hybridized carbons (Fsp3) is 1.00. The molecule has 0 amide bonds. The van der Waals surface area contributed by atoms with Crippen molar-refractivity contribution in [2.45, 2.75) is 64.9 Å². The second kappa shape index (κ2) is 9.73. The summed E-state index contributed by atoms with van der Waals surface area (Å²) in [6.07, 6.45) is 9.47. The standard InChI is InChI=1S/C16H33NO2/c1-4-16(5-2,14-17-11-13-18-3)10-6-8-15-9-7-12-19-15/h15,17H,4-14H2,1-3H3. The van der Waals surface area contributed by atoms with Gasteiger partial charge >= 0.3 is 0 Å². The Morgan fingerprint density at radius 2 is 2.11 bits per heavy atom. The van der Waals surface area contributed by atoms with Gasteiger partial charge in [-0.1, -0.05) is 20.3 Å². The zero-order chi connectivity index (χ0) is 14.0. The normalized spacial score (nSPS) is 20.1. The van der Waals surface area contributed by atoms with E-state index in [9.17, 15) is 0 Å². The van der Waals surface area contributed by atoms with E-state index in [0.717, 1.165) is 26.3 Å². The number of hydrogen-bond donors (Lipinski definition) is 1. The van der Waals surface area contributed by atoms with Crippen molar-refractivity contribution in [3.05, 3.63) is 0 Å². The Bertz CT molecular complexity index is 211. The van der Waals surface area contributed by atoms with Gasteiger partial charge in [-0.25, -0.2) is 0 Å². The smallest absolute Gasteiger partial charge is 0.0587 e. The molecule has 1 atom stereocenters. The summed E-state index contributed by atoms with van der Waals surface area (Å²) in [4.78, 5) is 0. The minimum Gasteiger partial charge on any atom is -0.383 e. The highest BCUT2D eigenvalue weighted by Gasteiger charge is 2.26. The maximum atomic E-state index is 5.72. The van der Waals surface area contributed by atoms with E-state index in [1.807, 2.05) is 0 Å². The second-order valence-electron chi connectivity index (χ2n) is 5.90. The van der Waals surface area contributed by atoms with Crippen molar-refractivity contribution in [2.75, 3.05) is 33.4 Å². The first-order chi connectivity index (χ1) is 9.26. The van der Waals surface area contributed by atoms with Crippen LogP contribution in [0.25, 0.3) is 0 Å². The number of ether oxygens (including phenoxy) is 2. The largest absolute Gasteiger partial charge is 0.383 e. The molecule has 0 aromatic carbocycles. The van der Waals surface area contributed by atoms with E-state index in [0.29, 0.717) is 11.5 Å². The fourth-order valence-electron chi connectivity index (χ4n) is 3.05. The molecular formula is C16H33NO2. The van der Waals surface area contributed by atoms with Crippen LogP contribution >= 0.6 is 0 Å². The molecule has 0 aromatic rings. The lowest BCUT2D eigenvalue weighted by molar-refractivity contribution is 0.0958. The molecule has 19 heavy (non-hydrogen) atoms. The monoisotopic (exact) mass is 271 g/mol. The van der Waals surface area contributed by atoms with Gasteiger partial charge in [0.05, 0.1) is 12.7 Å². The number of nitrogens with one attached hydrogen (secondary N) is 1. The van der Waals surface area contributed by atoms with E-state index in [1.54, 1.807) is 7.11 Å². The Morgan fingerprint density at radius 1 is 1.32 bits per heavy atom. The average Bonchev–Trinajstić information content (AvgIpc) is 2.95. The maximum Gasteiger partial charge on any atom is 0.0587 e. The summed E-state index contributed by atoms with van der Waals surface area (Å²) >= 11 is 0. The van der Waals surface area contributed by atoms with Gasteiger partial charge in [-0.3, -0.25) is 0 Å². The van der Waals surface area contributed by atoms with Crippen LogP contribution in [0.3, 0.4) is 0 Å². The lowest BCUT2D eigenvalue weighted by Crippen LogP contribution is -2.35. The number of methoxy groups -OCH3 is 1. The summed E-state index contributed by atoms with van der Waals surface area (Å²) in [6, 6.07) is 0.